The molecular formula is C22H26N4O5S2. The van der Waals surface area contributed by atoms with Gasteiger partial charge in [-0.3, -0.25) is 4.79 Å². The number of anilines is 1. The average molecular weight is 491 g/mol. The van der Waals surface area contributed by atoms with Gasteiger partial charge < -0.3 is 24.1 Å². The van der Waals surface area contributed by atoms with Crippen molar-refractivity contribution in [2.75, 3.05) is 24.8 Å². The van der Waals surface area contributed by atoms with Crippen molar-refractivity contribution in [1.29, 1.82) is 0 Å². The fourth-order valence-corrected chi connectivity index (χ4v) is 4.73. The van der Waals surface area contributed by atoms with E-state index in [2.05, 4.69) is 15.5 Å². The molecule has 3 aromatic rings. The maximum absolute atomic E-state index is 12.6. The first kappa shape index (κ1) is 24.6. The number of thiophene rings is 1. The van der Waals surface area contributed by atoms with E-state index in [1.54, 1.807) is 18.6 Å². The summed E-state index contributed by atoms with van der Waals surface area (Å²) in [5, 5.41) is 12.2. The Hall–Kier alpha value is -3.05. The van der Waals surface area contributed by atoms with E-state index < -0.39 is 5.97 Å². The summed E-state index contributed by atoms with van der Waals surface area (Å²) in [6, 6.07) is 7.35. The number of carbonyl (C=O) groups excluding carboxylic acids is 2. The molecular weight excluding hydrogens is 464 g/mol. The normalized spacial score (nSPS) is 10.7. The number of ether oxygens (including phenoxy) is 3. The van der Waals surface area contributed by atoms with E-state index in [4.69, 9.17) is 14.2 Å². The molecule has 3 rings (SSSR count). The van der Waals surface area contributed by atoms with Crippen LogP contribution in [-0.4, -0.2) is 46.1 Å². The Balaban J connectivity index is 1.60. The topological polar surface area (TPSA) is 105 Å². The van der Waals surface area contributed by atoms with Gasteiger partial charge in [0.1, 0.15) is 11.6 Å². The predicted octanol–water partition coefficient (Wildman–Crippen LogP) is 3.99. The molecule has 2 heterocycles. The number of nitrogens with zero attached hydrogens (tertiary/aromatic N) is 3. The molecule has 0 radical (unpaired) electrons. The van der Waals surface area contributed by atoms with Gasteiger partial charge in [-0.25, -0.2) is 4.79 Å². The summed E-state index contributed by atoms with van der Waals surface area (Å²) in [5.74, 6) is 1.27. The Morgan fingerprint density at radius 1 is 1.18 bits per heavy atom. The van der Waals surface area contributed by atoms with Crippen molar-refractivity contribution in [3.8, 4) is 11.5 Å². The Bertz CT molecular complexity index is 1140. The fourth-order valence-electron chi connectivity index (χ4n) is 2.93. The Labute approximate surface area is 200 Å². The van der Waals surface area contributed by atoms with E-state index in [0.29, 0.717) is 33.0 Å². The monoisotopic (exact) mass is 490 g/mol. The number of nitrogens with one attached hydrogen (secondary N) is 1. The number of aromatic nitrogens is 3. The van der Waals surface area contributed by atoms with E-state index in [0.717, 1.165) is 10.4 Å². The summed E-state index contributed by atoms with van der Waals surface area (Å²) >= 11 is 2.60. The molecule has 1 amide bonds. The van der Waals surface area contributed by atoms with Gasteiger partial charge in [0, 0.05) is 11.9 Å². The molecule has 1 N–H and O–H groups in total. The SMILES string of the molecule is CCOC(=O)c1c(NC(=O)CSc2nnc(COc3ccccc3OC)n2C)sc(C)c1C. The molecule has 0 bridgehead atoms. The number of carbonyl (C=O) groups is 2. The molecule has 0 fully saturated rings. The number of hydrogen-bond acceptors (Lipinski definition) is 9. The lowest BCUT2D eigenvalue weighted by Crippen LogP contribution is -2.16. The van der Waals surface area contributed by atoms with Crippen LogP contribution in [0.1, 0.15) is 33.5 Å². The Morgan fingerprint density at radius 3 is 2.61 bits per heavy atom. The lowest BCUT2D eigenvalue weighted by Gasteiger charge is -2.10. The Kier molecular flexibility index (Phi) is 8.34. The average Bonchev–Trinajstić information content (AvgIpc) is 3.29. The van der Waals surface area contributed by atoms with E-state index in [1.165, 1.54) is 23.1 Å². The number of para-hydroxylation sites is 2. The smallest absolute Gasteiger partial charge is 0.341 e. The van der Waals surface area contributed by atoms with Crippen LogP contribution in [0.25, 0.3) is 0 Å². The van der Waals surface area contributed by atoms with Gasteiger partial charge in [-0.1, -0.05) is 23.9 Å². The van der Waals surface area contributed by atoms with Gasteiger partial charge >= 0.3 is 5.97 Å². The van der Waals surface area contributed by atoms with E-state index in [1.807, 2.05) is 45.2 Å². The minimum absolute atomic E-state index is 0.109. The molecule has 0 spiro atoms. The lowest BCUT2D eigenvalue weighted by molar-refractivity contribution is -0.113. The highest BCUT2D eigenvalue weighted by Gasteiger charge is 2.22. The van der Waals surface area contributed by atoms with E-state index in [9.17, 15) is 9.59 Å². The van der Waals surface area contributed by atoms with Crippen molar-refractivity contribution >= 4 is 40.0 Å². The molecule has 0 atom stereocenters. The third kappa shape index (κ3) is 5.85. The van der Waals surface area contributed by atoms with Crippen LogP contribution in [0.3, 0.4) is 0 Å². The molecule has 176 valence electrons. The molecule has 11 heteroatoms. The van der Waals surface area contributed by atoms with Crippen molar-refractivity contribution in [3.05, 3.63) is 46.1 Å². The van der Waals surface area contributed by atoms with Gasteiger partial charge in [-0.15, -0.1) is 21.5 Å². The predicted molar refractivity (Wildman–Crippen MR) is 127 cm³/mol. The largest absolute Gasteiger partial charge is 0.493 e. The first-order valence-electron chi connectivity index (χ1n) is 10.2. The summed E-state index contributed by atoms with van der Waals surface area (Å²) in [6.45, 7) is 5.97. The minimum Gasteiger partial charge on any atom is -0.493 e. The van der Waals surface area contributed by atoms with Crippen LogP contribution >= 0.6 is 23.1 Å². The van der Waals surface area contributed by atoms with Crippen LogP contribution in [0, 0.1) is 13.8 Å². The van der Waals surface area contributed by atoms with E-state index in [-0.39, 0.29) is 24.9 Å². The summed E-state index contributed by atoms with van der Waals surface area (Å²) < 4.78 is 18.0. The highest BCUT2D eigenvalue weighted by atomic mass is 32.2. The van der Waals surface area contributed by atoms with Crippen LogP contribution in [-0.2, 0) is 23.2 Å². The number of hydrogen-bond donors (Lipinski definition) is 1. The van der Waals surface area contributed by atoms with Crippen LogP contribution in [0.2, 0.25) is 0 Å². The van der Waals surface area contributed by atoms with Gasteiger partial charge in [0.15, 0.2) is 22.5 Å². The number of thioether (sulfide) groups is 1. The van der Waals surface area contributed by atoms with E-state index >= 15 is 0 Å². The summed E-state index contributed by atoms with van der Waals surface area (Å²) in [6.07, 6.45) is 0. The summed E-state index contributed by atoms with van der Waals surface area (Å²) in [5.41, 5.74) is 1.22. The van der Waals surface area contributed by atoms with Gasteiger partial charge in [0.2, 0.25) is 5.91 Å². The van der Waals surface area contributed by atoms with Crippen LogP contribution in [0.5, 0.6) is 11.5 Å². The molecule has 0 aliphatic heterocycles. The zero-order valence-electron chi connectivity index (χ0n) is 19.1. The molecule has 9 nitrogen and oxygen atoms in total. The molecule has 0 saturated carbocycles. The van der Waals surface area contributed by atoms with Crippen molar-refractivity contribution in [2.24, 2.45) is 7.05 Å². The highest BCUT2D eigenvalue weighted by Crippen LogP contribution is 2.33. The highest BCUT2D eigenvalue weighted by molar-refractivity contribution is 7.99. The second-order valence-corrected chi connectivity index (χ2v) is 9.11. The molecule has 0 unspecified atom stereocenters. The van der Waals surface area contributed by atoms with Crippen molar-refractivity contribution in [3.63, 3.8) is 0 Å². The fraction of sp³-hybridized carbons (Fsp3) is 0.364. The summed E-state index contributed by atoms with van der Waals surface area (Å²) in [4.78, 5) is 25.8. The molecule has 2 aromatic heterocycles. The summed E-state index contributed by atoms with van der Waals surface area (Å²) in [7, 11) is 3.39. The van der Waals surface area contributed by atoms with Gasteiger partial charge in [0.05, 0.1) is 25.0 Å². The maximum atomic E-state index is 12.6. The van der Waals surface area contributed by atoms with Crippen molar-refractivity contribution < 1.29 is 23.8 Å². The first-order chi connectivity index (χ1) is 15.8. The minimum atomic E-state index is -0.435. The molecule has 0 aliphatic carbocycles. The third-order valence-electron chi connectivity index (χ3n) is 4.80. The molecule has 0 aliphatic rings. The standard InChI is InChI=1S/C22H26N4O5S2/c1-6-30-21(28)19-13(2)14(3)33-20(19)23-18(27)12-32-22-25-24-17(26(22)4)11-31-16-10-8-7-9-15(16)29-5/h7-10H,6,11-12H2,1-5H3,(H,23,27). The zero-order valence-corrected chi connectivity index (χ0v) is 20.8. The van der Waals surface area contributed by atoms with Gasteiger partial charge in [0.25, 0.3) is 0 Å². The second kappa shape index (κ2) is 11.2. The number of methoxy groups -OCH3 is 1. The van der Waals surface area contributed by atoms with Crippen molar-refractivity contribution in [2.45, 2.75) is 32.5 Å². The van der Waals surface area contributed by atoms with Gasteiger partial charge in [-0.2, -0.15) is 0 Å². The number of rotatable bonds is 10. The quantitative estimate of drug-likeness (QED) is 0.336. The number of amides is 1. The van der Waals surface area contributed by atoms with Crippen molar-refractivity contribution in [1.82, 2.24) is 14.8 Å². The maximum Gasteiger partial charge on any atom is 0.341 e. The molecule has 0 saturated heterocycles. The van der Waals surface area contributed by atoms with Gasteiger partial charge in [-0.05, 0) is 38.5 Å². The number of benzene rings is 1. The Morgan fingerprint density at radius 2 is 1.91 bits per heavy atom. The first-order valence-corrected chi connectivity index (χ1v) is 12.0. The lowest BCUT2D eigenvalue weighted by atomic mass is 10.1. The molecule has 1 aromatic carbocycles. The van der Waals surface area contributed by atoms with Crippen LogP contribution in [0.4, 0.5) is 5.00 Å². The van der Waals surface area contributed by atoms with Crippen LogP contribution < -0.4 is 14.8 Å². The third-order valence-corrected chi connectivity index (χ3v) is 6.94. The molecule has 33 heavy (non-hydrogen) atoms. The van der Waals surface area contributed by atoms with Crippen LogP contribution in [0.15, 0.2) is 29.4 Å². The number of esters is 1. The second-order valence-electron chi connectivity index (χ2n) is 6.94. The number of aryl methyl sites for hydroxylation is 1. The zero-order chi connectivity index (χ0) is 24.0.